The van der Waals surface area contributed by atoms with Crippen LogP contribution in [0.25, 0.3) is 11.0 Å². The van der Waals surface area contributed by atoms with Gasteiger partial charge in [-0.05, 0) is 49.2 Å². The molecule has 3 aromatic rings. The van der Waals surface area contributed by atoms with Gasteiger partial charge in [0.05, 0.1) is 17.8 Å². The van der Waals surface area contributed by atoms with Gasteiger partial charge < -0.3 is 14.5 Å². The summed E-state index contributed by atoms with van der Waals surface area (Å²) in [5.41, 5.74) is 1.84. The number of benzene rings is 2. The van der Waals surface area contributed by atoms with E-state index in [1.165, 1.54) is 0 Å². The van der Waals surface area contributed by atoms with Crippen molar-refractivity contribution in [1.82, 2.24) is 0 Å². The third kappa shape index (κ3) is 4.34. The molecule has 5 nitrogen and oxygen atoms in total. The second-order valence-corrected chi connectivity index (χ2v) is 7.35. The van der Waals surface area contributed by atoms with Gasteiger partial charge in [0.25, 0.3) is 0 Å². The average Bonchev–Trinajstić information content (AvgIpc) is 2.63. The first kappa shape index (κ1) is 19.5. The van der Waals surface area contributed by atoms with Gasteiger partial charge in [-0.3, -0.25) is 4.79 Å². The van der Waals surface area contributed by atoms with E-state index in [0.717, 1.165) is 15.4 Å². The summed E-state index contributed by atoms with van der Waals surface area (Å²) >= 11 is 9.43. The minimum absolute atomic E-state index is 0.139. The van der Waals surface area contributed by atoms with E-state index < -0.39 is 5.63 Å². The quantitative estimate of drug-likeness (QED) is 0.549. The lowest BCUT2D eigenvalue weighted by Crippen LogP contribution is -2.16. The van der Waals surface area contributed by atoms with E-state index in [2.05, 4.69) is 21.2 Å². The minimum Gasteiger partial charge on any atom is -0.497 e. The number of aryl methyl sites for hydroxylation is 1. The van der Waals surface area contributed by atoms with Gasteiger partial charge in [-0.15, -0.1) is 0 Å². The highest BCUT2D eigenvalue weighted by molar-refractivity contribution is 9.10. The van der Waals surface area contributed by atoms with Crippen molar-refractivity contribution in [3.05, 3.63) is 67.4 Å². The fourth-order valence-electron chi connectivity index (χ4n) is 2.83. The molecule has 140 valence electrons. The largest absolute Gasteiger partial charge is 0.497 e. The lowest BCUT2D eigenvalue weighted by atomic mass is 10.0. The van der Waals surface area contributed by atoms with Crippen molar-refractivity contribution < 1.29 is 13.9 Å². The predicted octanol–water partition coefficient (Wildman–Crippen LogP) is 5.10. The van der Waals surface area contributed by atoms with Crippen molar-refractivity contribution in [2.75, 3.05) is 12.4 Å². The highest BCUT2D eigenvalue weighted by Gasteiger charge is 2.14. The van der Waals surface area contributed by atoms with Crippen molar-refractivity contribution in [1.29, 1.82) is 0 Å². The molecule has 0 aliphatic carbocycles. The Labute approximate surface area is 169 Å². The molecule has 0 unspecified atom stereocenters. The molecule has 1 aromatic heterocycles. The number of halogens is 2. The molecule has 0 saturated carbocycles. The Balaban J connectivity index is 1.78. The Kier molecular flexibility index (Phi) is 5.87. The van der Waals surface area contributed by atoms with Gasteiger partial charge in [0.1, 0.15) is 11.3 Å². The Hall–Kier alpha value is -2.31. The van der Waals surface area contributed by atoms with Gasteiger partial charge >= 0.3 is 5.63 Å². The Morgan fingerprint density at radius 3 is 2.74 bits per heavy atom. The van der Waals surface area contributed by atoms with Crippen LogP contribution in [0.3, 0.4) is 0 Å². The standard InChI is InChI=1S/C20H17BrClNO4/c1-11-14-5-4-13(26-2)10-18(14)27-20(25)15(11)6-8-19(24)23-17-7-3-12(21)9-16(17)22/h3-5,7,9-10H,6,8H2,1-2H3,(H,23,24). The summed E-state index contributed by atoms with van der Waals surface area (Å²) in [6.45, 7) is 1.85. The normalized spacial score (nSPS) is 10.8. The van der Waals surface area contributed by atoms with Gasteiger partial charge in [-0.25, -0.2) is 4.79 Å². The fraction of sp³-hybridized carbons (Fsp3) is 0.200. The SMILES string of the molecule is COc1ccc2c(C)c(CCC(=O)Nc3ccc(Br)cc3Cl)c(=O)oc2c1. The lowest BCUT2D eigenvalue weighted by Gasteiger charge is -2.10. The van der Waals surface area contributed by atoms with Gasteiger partial charge in [0.15, 0.2) is 0 Å². The van der Waals surface area contributed by atoms with Crippen LogP contribution in [0.1, 0.15) is 17.5 Å². The topological polar surface area (TPSA) is 68.5 Å². The second kappa shape index (κ2) is 8.15. The van der Waals surface area contributed by atoms with E-state index in [4.69, 9.17) is 20.8 Å². The van der Waals surface area contributed by atoms with Gasteiger partial charge in [-0.2, -0.15) is 0 Å². The van der Waals surface area contributed by atoms with Gasteiger partial charge in [0.2, 0.25) is 5.91 Å². The summed E-state index contributed by atoms with van der Waals surface area (Å²) in [6.07, 6.45) is 0.412. The van der Waals surface area contributed by atoms with E-state index in [1.54, 1.807) is 37.4 Å². The first-order valence-corrected chi connectivity index (χ1v) is 9.41. The number of carbonyl (C=O) groups is 1. The number of rotatable bonds is 5. The zero-order chi connectivity index (χ0) is 19.6. The molecule has 0 saturated heterocycles. The van der Waals surface area contributed by atoms with Crippen LogP contribution in [0.15, 0.2) is 50.1 Å². The number of carbonyl (C=O) groups excluding carboxylic acids is 1. The molecule has 2 aromatic carbocycles. The van der Waals surface area contributed by atoms with E-state index >= 15 is 0 Å². The van der Waals surface area contributed by atoms with Crippen molar-refractivity contribution >= 4 is 50.1 Å². The second-order valence-electron chi connectivity index (χ2n) is 6.03. The number of amides is 1. The van der Waals surface area contributed by atoms with Crippen LogP contribution in [-0.4, -0.2) is 13.0 Å². The highest BCUT2D eigenvalue weighted by atomic mass is 79.9. The Morgan fingerprint density at radius 2 is 2.04 bits per heavy atom. The summed E-state index contributed by atoms with van der Waals surface area (Å²) in [7, 11) is 1.55. The third-order valence-electron chi connectivity index (χ3n) is 4.30. The van der Waals surface area contributed by atoms with E-state index in [1.807, 2.05) is 13.0 Å². The smallest absolute Gasteiger partial charge is 0.339 e. The molecule has 0 aliphatic rings. The zero-order valence-corrected chi connectivity index (χ0v) is 17.1. The first-order chi connectivity index (χ1) is 12.9. The number of nitrogens with one attached hydrogen (secondary N) is 1. The van der Waals surface area contributed by atoms with Crippen LogP contribution in [0.4, 0.5) is 5.69 Å². The first-order valence-electron chi connectivity index (χ1n) is 8.24. The van der Waals surface area contributed by atoms with Crippen LogP contribution in [0, 0.1) is 6.92 Å². The molecule has 0 fully saturated rings. The molecule has 1 amide bonds. The fourth-order valence-corrected chi connectivity index (χ4v) is 3.55. The molecule has 0 atom stereocenters. The zero-order valence-electron chi connectivity index (χ0n) is 14.8. The van der Waals surface area contributed by atoms with Crippen molar-refractivity contribution in [2.45, 2.75) is 19.8 Å². The third-order valence-corrected chi connectivity index (χ3v) is 5.11. The van der Waals surface area contributed by atoms with Crippen LogP contribution in [-0.2, 0) is 11.2 Å². The molecule has 0 bridgehead atoms. The number of anilines is 1. The number of ether oxygens (including phenoxy) is 1. The summed E-state index contributed by atoms with van der Waals surface area (Å²) in [6, 6.07) is 10.5. The molecular weight excluding hydrogens is 434 g/mol. The molecule has 27 heavy (non-hydrogen) atoms. The van der Waals surface area contributed by atoms with E-state index in [0.29, 0.717) is 27.6 Å². The van der Waals surface area contributed by atoms with E-state index in [9.17, 15) is 9.59 Å². The summed E-state index contributed by atoms with van der Waals surface area (Å²) < 4.78 is 11.4. The molecule has 0 spiro atoms. The van der Waals surface area contributed by atoms with E-state index in [-0.39, 0.29) is 18.7 Å². The Morgan fingerprint density at radius 1 is 1.26 bits per heavy atom. The summed E-state index contributed by atoms with van der Waals surface area (Å²) in [5, 5.41) is 4.02. The molecule has 0 aliphatic heterocycles. The molecule has 1 heterocycles. The predicted molar refractivity (Wildman–Crippen MR) is 110 cm³/mol. The van der Waals surface area contributed by atoms with Gasteiger partial charge in [0, 0.05) is 27.9 Å². The minimum atomic E-state index is -0.442. The van der Waals surface area contributed by atoms with Crippen LogP contribution >= 0.6 is 27.5 Å². The monoisotopic (exact) mass is 449 g/mol. The van der Waals surface area contributed by atoms with Crippen LogP contribution in [0.2, 0.25) is 5.02 Å². The number of hydrogen-bond acceptors (Lipinski definition) is 4. The molecule has 1 N–H and O–H groups in total. The van der Waals surface area contributed by atoms with Gasteiger partial charge in [-0.1, -0.05) is 27.5 Å². The highest BCUT2D eigenvalue weighted by Crippen LogP contribution is 2.27. The molecular formula is C20H17BrClNO4. The van der Waals surface area contributed by atoms with Crippen molar-refractivity contribution in [3.63, 3.8) is 0 Å². The molecule has 0 radical (unpaired) electrons. The number of hydrogen-bond donors (Lipinski definition) is 1. The van der Waals surface area contributed by atoms with Crippen LogP contribution in [0.5, 0.6) is 5.75 Å². The average molecular weight is 451 g/mol. The van der Waals surface area contributed by atoms with Crippen LogP contribution < -0.4 is 15.7 Å². The lowest BCUT2D eigenvalue weighted by molar-refractivity contribution is -0.116. The number of methoxy groups -OCH3 is 1. The Bertz CT molecular complexity index is 1080. The number of fused-ring (bicyclic) bond motifs is 1. The summed E-state index contributed by atoms with van der Waals surface area (Å²) in [5.74, 6) is 0.386. The molecule has 3 rings (SSSR count). The maximum Gasteiger partial charge on any atom is 0.339 e. The van der Waals surface area contributed by atoms with Crippen molar-refractivity contribution in [2.24, 2.45) is 0 Å². The molecule has 7 heteroatoms. The maximum absolute atomic E-state index is 12.4. The maximum atomic E-state index is 12.4. The van der Waals surface area contributed by atoms with Crippen molar-refractivity contribution in [3.8, 4) is 5.75 Å². The summed E-state index contributed by atoms with van der Waals surface area (Å²) in [4.78, 5) is 24.6.